The van der Waals surface area contributed by atoms with Gasteiger partial charge in [0.1, 0.15) is 0 Å². The molecule has 0 aromatic carbocycles. The van der Waals surface area contributed by atoms with Crippen molar-refractivity contribution in [3.05, 3.63) is 0 Å². The Bertz CT molecular complexity index is 480. The van der Waals surface area contributed by atoms with Gasteiger partial charge in [-0.15, -0.1) is 0 Å². The summed E-state index contributed by atoms with van der Waals surface area (Å²) in [7, 11) is -4.78. The highest BCUT2D eigenvalue weighted by Crippen LogP contribution is 2.12. The Morgan fingerprint density at radius 1 is 0.885 bits per heavy atom. The maximum Gasteiger partial charge on any atom is 0.327 e. The van der Waals surface area contributed by atoms with Crippen molar-refractivity contribution >= 4 is 45.1 Å². The molecule has 0 aromatic rings. The van der Waals surface area contributed by atoms with Gasteiger partial charge in [-0.2, -0.15) is 8.42 Å². The van der Waals surface area contributed by atoms with Crippen LogP contribution in [0.1, 0.15) is 84.0 Å². The molecule has 9 heteroatoms. The second-order valence-electron chi connectivity index (χ2n) is 6.30. The number of ether oxygens (including phenoxy) is 1. The molecule has 0 heterocycles. The minimum Gasteiger partial charge on any atom is -0.481 e. The summed E-state index contributed by atoms with van der Waals surface area (Å²) < 4.78 is 35.7. The van der Waals surface area contributed by atoms with Crippen LogP contribution in [0.3, 0.4) is 0 Å². The van der Waals surface area contributed by atoms with Crippen LogP contribution in [-0.2, 0) is 24.4 Å². The van der Waals surface area contributed by atoms with Crippen LogP contribution in [0.15, 0.2) is 0 Å². The quantitative estimate of drug-likeness (QED) is 0.175. The molecule has 0 saturated heterocycles. The third-order valence-corrected chi connectivity index (χ3v) is 5.05. The van der Waals surface area contributed by atoms with Crippen LogP contribution in [-0.4, -0.2) is 64.9 Å². The van der Waals surface area contributed by atoms with E-state index >= 15 is 0 Å². The molecule has 152 valence electrons. The van der Waals surface area contributed by atoms with E-state index in [0.29, 0.717) is 6.42 Å². The number of hydrogen-bond acceptors (Lipinski definition) is 5. The minimum absolute atomic E-state index is 0. The topological polar surface area (TPSA) is 118 Å². The second kappa shape index (κ2) is 16.8. The molecule has 0 radical (unpaired) electrons. The predicted molar refractivity (Wildman–Crippen MR) is 104 cm³/mol. The second-order valence-corrected chi connectivity index (χ2v) is 7.90. The molecular weight excluding hydrogens is 373 g/mol. The number of carboxylic acid groups (broad SMARTS) is 1. The average molecular weight is 407 g/mol. The van der Waals surface area contributed by atoms with E-state index in [0.717, 1.165) is 19.3 Å². The molecular formula is C17H34MgO7S. The van der Waals surface area contributed by atoms with Crippen molar-refractivity contribution in [3.63, 3.8) is 0 Å². The number of carbonyl (C=O) groups is 2. The van der Waals surface area contributed by atoms with Gasteiger partial charge in [-0.3, -0.25) is 14.1 Å². The van der Waals surface area contributed by atoms with Crippen molar-refractivity contribution in [3.8, 4) is 0 Å². The zero-order chi connectivity index (χ0) is 19.1. The third kappa shape index (κ3) is 15.8. The first kappa shape index (κ1) is 27.8. The van der Waals surface area contributed by atoms with Crippen LogP contribution in [0.25, 0.3) is 0 Å². The van der Waals surface area contributed by atoms with E-state index in [1.165, 1.54) is 44.9 Å². The molecule has 1 unspecified atom stereocenters. The van der Waals surface area contributed by atoms with Gasteiger partial charge in [-0.05, 0) is 6.42 Å². The number of rotatable bonds is 16. The third-order valence-electron chi connectivity index (χ3n) is 3.97. The van der Waals surface area contributed by atoms with Gasteiger partial charge in [-0.25, -0.2) is 0 Å². The Labute approximate surface area is 173 Å². The van der Waals surface area contributed by atoms with Crippen molar-refractivity contribution in [1.29, 1.82) is 0 Å². The zero-order valence-corrected chi connectivity index (χ0v) is 15.9. The molecule has 0 saturated carbocycles. The number of aliphatic carboxylic acids is 1. The largest absolute Gasteiger partial charge is 0.481 e. The van der Waals surface area contributed by atoms with Gasteiger partial charge in [0.05, 0.1) is 13.0 Å². The molecule has 0 aliphatic carbocycles. The van der Waals surface area contributed by atoms with Crippen molar-refractivity contribution in [1.82, 2.24) is 0 Å². The molecule has 0 aromatic heterocycles. The Kier molecular flexibility index (Phi) is 17.9. The molecule has 7 nitrogen and oxygen atoms in total. The summed E-state index contributed by atoms with van der Waals surface area (Å²) in [6.07, 6.45) is 11.5. The van der Waals surface area contributed by atoms with Crippen molar-refractivity contribution in [2.75, 3.05) is 6.61 Å². The van der Waals surface area contributed by atoms with Gasteiger partial charge in [-0.1, -0.05) is 71.1 Å². The summed E-state index contributed by atoms with van der Waals surface area (Å²) in [4.78, 5) is 22.1. The van der Waals surface area contributed by atoms with Gasteiger partial charge >= 0.3 is 35.0 Å². The van der Waals surface area contributed by atoms with Crippen LogP contribution in [0.4, 0.5) is 0 Å². The highest BCUT2D eigenvalue weighted by molar-refractivity contribution is 7.87. The zero-order valence-electron chi connectivity index (χ0n) is 15.1. The average Bonchev–Trinajstić information content (AvgIpc) is 2.52. The van der Waals surface area contributed by atoms with Gasteiger partial charge in [0.25, 0.3) is 10.1 Å². The van der Waals surface area contributed by atoms with Crippen LogP contribution < -0.4 is 0 Å². The lowest BCUT2D eigenvalue weighted by Crippen LogP contribution is -2.34. The summed E-state index contributed by atoms with van der Waals surface area (Å²) in [5.74, 6) is -2.70. The summed E-state index contributed by atoms with van der Waals surface area (Å²) in [5.41, 5.74) is 0. The number of carbonyl (C=O) groups excluding carboxylic acids is 1. The van der Waals surface area contributed by atoms with Crippen LogP contribution in [0.2, 0.25) is 0 Å². The van der Waals surface area contributed by atoms with E-state index in [2.05, 4.69) is 6.92 Å². The van der Waals surface area contributed by atoms with Gasteiger partial charge < -0.3 is 9.84 Å². The fourth-order valence-corrected chi connectivity index (χ4v) is 3.17. The molecule has 0 rings (SSSR count). The molecule has 26 heavy (non-hydrogen) atoms. The minimum atomic E-state index is -4.78. The van der Waals surface area contributed by atoms with Crippen molar-refractivity contribution in [2.45, 2.75) is 89.2 Å². The molecule has 1 atom stereocenters. The SMILES string of the molecule is CCCCCCCCCCCCCOC(=O)C(CC(=O)O)S(=O)(=O)O.[MgH2]. The maximum absolute atomic E-state index is 11.6. The molecule has 0 spiro atoms. The normalized spacial score (nSPS) is 12.2. The molecule has 0 fully saturated rings. The first-order chi connectivity index (χ1) is 11.8. The van der Waals surface area contributed by atoms with Gasteiger partial charge in [0.2, 0.25) is 0 Å². The molecule has 0 aliphatic heterocycles. The Morgan fingerprint density at radius 3 is 1.69 bits per heavy atom. The van der Waals surface area contributed by atoms with E-state index in [1.54, 1.807) is 0 Å². The highest BCUT2D eigenvalue weighted by Gasteiger charge is 2.34. The monoisotopic (exact) mass is 406 g/mol. The van der Waals surface area contributed by atoms with E-state index in [4.69, 9.17) is 14.4 Å². The number of esters is 1. The van der Waals surface area contributed by atoms with E-state index in [1.807, 2.05) is 0 Å². The number of carboxylic acids is 1. The van der Waals surface area contributed by atoms with Crippen molar-refractivity contribution < 1.29 is 32.4 Å². The van der Waals surface area contributed by atoms with E-state index in [-0.39, 0.29) is 29.7 Å². The van der Waals surface area contributed by atoms with Crippen LogP contribution in [0.5, 0.6) is 0 Å². The van der Waals surface area contributed by atoms with E-state index in [9.17, 15) is 18.0 Å². The molecule has 2 N–H and O–H groups in total. The summed E-state index contributed by atoms with van der Waals surface area (Å²) in [6.45, 7) is 2.23. The smallest absolute Gasteiger partial charge is 0.327 e. The summed E-state index contributed by atoms with van der Waals surface area (Å²) in [6, 6.07) is 0. The fraction of sp³-hybridized carbons (Fsp3) is 0.882. The first-order valence-corrected chi connectivity index (χ1v) is 10.6. The van der Waals surface area contributed by atoms with Gasteiger partial charge in [0, 0.05) is 0 Å². The molecule has 0 aliphatic rings. The Morgan fingerprint density at radius 2 is 1.31 bits per heavy atom. The lowest BCUT2D eigenvalue weighted by atomic mass is 10.1. The number of hydrogen-bond donors (Lipinski definition) is 2. The predicted octanol–water partition coefficient (Wildman–Crippen LogP) is 2.66. The first-order valence-electron chi connectivity index (χ1n) is 9.13. The molecule has 0 bridgehead atoms. The molecule has 0 amide bonds. The maximum atomic E-state index is 11.6. The fourth-order valence-electron chi connectivity index (χ4n) is 2.50. The van der Waals surface area contributed by atoms with E-state index < -0.39 is 33.7 Å². The van der Waals surface area contributed by atoms with Crippen molar-refractivity contribution in [2.24, 2.45) is 0 Å². The van der Waals surface area contributed by atoms with Crippen LogP contribution >= 0.6 is 0 Å². The van der Waals surface area contributed by atoms with Crippen LogP contribution in [0, 0.1) is 0 Å². The summed E-state index contributed by atoms with van der Waals surface area (Å²) >= 11 is 0. The standard InChI is InChI=1S/C17H32O7S.Mg.2H/c1-2-3-4-5-6-7-8-9-10-11-12-13-24-17(20)15(14-16(18)19)25(21,22)23;;;/h15H,2-14H2,1H3,(H,18,19)(H,21,22,23);;;. The Hall–Kier alpha value is -0.384. The van der Waals surface area contributed by atoms with Gasteiger partial charge in [0.15, 0.2) is 5.25 Å². The summed E-state index contributed by atoms with van der Waals surface area (Å²) in [5, 5.41) is 6.53. The lowest BCUT2D eigenvalue weighted by Gasteiger charge is -2.11. The number of unbranched alkanes of at least 4 members (excludes halogenated alkanes) is 10. The highest BCUT2D eigenvalue weighted by atomic mass is 32.2. The Balaban J connectivity index is 0. The lowest BCUT2D eigenvalue weighted by molar-refractivity contribution is -0.147.